The number of piperidine rings is 1. The van der Waals surface area contributed by atoms with Crippen molar-refractivity contribution in [1.82, 2.24) is 4.90 Å². The van der Waals surface area contributed by atoms with E-state index in [-0.39, 0.29) is 0 Å². The average Bonchev–Trinajstić information content (AvgIpc) is 2.58. The highest BCUT2D eigenvalue weighted by Gasteiger charge is 2.40. The van der Waals surface area contributed by atoms with Crippen LogP contribution in [0.3, 0.4) is 0 Å². The molecule has 126 valence electrons. The van der Waals surface area contributed by atoms with Crippen molar-refractivity contribution in [3.05, 3.63) is 0 Å². The van der Waals surface area contributed by atoms with Gasteiger partial charge in [-0.25, -0.2) is 0 Å². The molecule has 2 spiro atoms. The Kier molecular flexibility index (Phi) is 4.55. The highest BCUT2D eigenvalue weighted by atomic mass is 15.2. The highest BCUT2D eigenvalue weighted by molar-refractivity contribution is 4.94. The van der Waals surface area contributed by atoms with Gasteiger partial charge in [-0.05, 0) is 88.1 Å². The van der Waals surface area contributed by atoms with Gasteiger partial charge < -0.3 is 4.90 Å². The summed E-state index contributed by atoms with van der Waals surface area (Å²) in [6, 6.07) is 0.952. The molecule has 1 aliphatic heterocycles. The Hall–Kier alpha value is -0.0400. The summed E-state index contributed by atoms with van der Waals surface area (Å²) in [4.78, 5) is 2.91. The molecule has 0 aromatic heterocycles. The molecule has 1 nitrogen and oxygen atoms in total. The van der Waals surface area contributed by atoms with Crippen LogP contribution in [0, 0.1) is 10.8 Å². The lowest BCUT2D eigenvalue weighted by Crippen LogP contribution is -2.48. The van der Waals surface area contributed by atoms with Gasteiger partial charge in [0.25, 0.3) is 0 Å². The molecule has 0 amide bonds. The molecule has 4 fully saturated rings. The molecule has 3 aliphatic carbocycles. The molecule has 4 aliphatic rings. The topological polar surface area (TPSA) is 3.24 Å². The first kappa shape index (κ1) is 15.5. The van der Waals surface area contributed by atoms with Gasteiger partial charge in [-0.15, -0.1) is 0 Å². The highest BCUT2D eigenvalue weighted by Crippen LogP contribution is 2.50. The molecule has 0 radical (unpaired) electrons. The average molecular weight is 304 g/mol. The summed E-state index contributed by atoms with van der Waals surface area (Å²) >= 11 is 0. The smallest absolute Gasteiger partial charge is 0.00956 e. The van der Waals surface area contributed by atoms with Crippen LogP contribution in [0.5, 0.6) is 0 Å². The molecule has 0 atom stereocenters. The van der Waals surface area contributed by atoms with Crippen LogP contribution in [0.25, 0.3) is 0 Å². The molecule has 22 heavy (non-hydrogen) atoms. The van der Waals surface area contributed by atoms with Crippen molar-refractivity contribution >= 4 is 0 Å². The molecule has 0 aromatic rings. The molecule has 0 N–H and O–H groups in total. The van der Waals surface area contributed by atoms with Crippen LogP contribution in [0.2, 0.25) is 0 Å². The fraction of sp³-hybridized carbons (Fsp3) is 1.00. The van der Waals surface area contributed by atoms with E-state index in [1.165, 1.54) is 77.3 Å². The second kappa shape index (κ2) is 6.46. The van der Waals surface area contributed by atoms with E-state index in [4.69, 9.17) is 0 Å². The quantitative estimate of drug-likeness (QED) is 0.580. The molecule has 0 bridgehead atoms. The van der Waals surface area contributed by atoms with Crippen molar-refractivity contribution in [3.63, 3.8) is 0 Å². The summed E-state index contributed by atoms with van der Waals surface area (Å²) in [6.45, 7) is 2.86. The van der Waals surface area contributed by atoms with Crippen LogP contribution in [-0.4, -0.2) is 24.0 Å². The van der Waals surface area contributed by atoms with E-state index in [1.807, 2.05) is 0 Å². The maximum atomic E-state index is 2.91. The van der Waals surface area contributed by atoms with Crippen LogP contribution in [0.1, 0.15) is 103 Å². The number of hydrogen-bond acceptors (Lipinski definition) is 1. The van der Waals surface area contributed by atoms with Gasteiger partial charge in [0.2, 0.25) is 0 Å². The van der Waals surface area contributed by atoms with E-state index >= 15 is 0 Å². The van der Waals surface area contributed by atoms with Crippen molar-refractivity contribution in [2.75, 3.05) is 13.1 Å². The molecule has 1 saturated heterocycles. The standard InChI is InChI=1S/C21H37N/c1-3-9-20(10-4-1)13-7-19(8-14-20)22-17-15-21(16-18-22)11-5-2-6-12-21/h19H,1-18H2. The third kappa shape index (κ3) is 3.12. The van der Waals surface area contributed by atoms with E-state index < -0.39 is 0 Å². The van der Waals surface area contributed by atoms with E-state index in [0.717, 1.165) is 16.9 Å². The lowest BCUT2D eigenvalue weighted by molar-refractivity contribution is 0.0103. The minimum absolute atomic E-state index is 0.786. The molecule has 0 aromatic carbocycles. The number of likely N-dealkylation sites (tertiary alicyclic amines) is 1. The minimum atomic E-state index is 0.786. The summed E-state index contributed by atoms with van der Waals surface area (Å²) in [5, 5.41) is 0. The zero-order valence-electron chi connectivity index (χ0n) is 14.8. The summed E-state index contributed by atoms with van der Waals surface area (Å²) in [5.41, 5.74) is 1.59. The monoisotopic (exact) mass is 303 g/mol. The van der Waals surface area contributed by atoms with E-state index in [1.54, 1.807) is 38.5 Å². The van der Waals surface area contributed by atoms with Crippen LogP contribution >= 0.6 is 0 Å². The van der Waals surface area contributed by atoms with Crippen LogP contribution in [0.4, 0.5) is 0 Å². The molecular weight excluding hydrogens is 266 g/mol. The first-order chi connectivity index (χ1) is 10.8. The van der Waals surface area contributed by atoms with Gasteiger partial charge in [-0.3, -0.25) is 0 Å². The van der Waals surface area contributed by atoms with Crippen LogP contribution in [0.15, 0.2) is 0 Å². The van der Waals surface area contributed by atoms with Gasteiger partial charge in [-0.1, -0.05) is 38.5 Å². The Balaban J connectivity index is 1.28. The Labute approximate surface area is 138 Å². The normalized spacial score (nSPS) is 33.3. The molecule has 1 heteroatoms. The Morgan fingerprint density at radius 2 is 0.955 bits per heavy atom. The Bertz CT molecular complexity index is 306. The number of rotatable bonds is 1. The third-order valence-corrected chi connectivity index (χ3v) is 8.22. The molecule has 3 saturated carbocycles. The van der Waals surface area contributed by atoms with Crippen molar-refractivity contribution in [2.24, 2.45) is 10.8 Å². The number of hydrogen-bond donors (Lipinski definition) is 0. The van der Waals surface area contributed by atoms with Gasteiger partial charge >= 0.3 is 0 Å². The fourth-order valence-electron chi connectivity index (χ4n) is 6.55. The van der Waals surface area contributed by atoms with Gasteiger partial charge in [-0.2, -0.15) is 0 Å². The Morgan fingerprint density at radius 1 is 0.500 bits per heavy atom. The fourth-order valence-corrected chi connectivity index (χ4v) is 6.55. The van der Waals surface area contributed by atoms with Crippen LogP contribution < -0.4 is 0 Å². The van der Waals surface area contributed by atoms with Gasteiger partial charge in [0.1, 0.15) is 0 Å². The van der Waals surface area contributed by atoms with Gasteiger partial charge in [0, 0.05) is 6.04 Å². The third-order valence-electron chi connectivity index (χ3n) is 8.22. The van der Waals surface area contributed by atoms with Gasteiger partial charge in [0.15, 0.2) is 0 Å². The van der Waals surface area contributed by atoms with Crippen molar-refractivity contribution in [2.45, 2.75) is 109 Å². The predicted molar refractivity (Wildman–Crippen MR) is 94.1 cm³/mol. The SMILES string of the molecule is C1CCC2(CC1)CCC(N1CCC3(CCCCC3)CC1)CC2. The van der Waals surface area contributed by atoms with Crippen molar-refractivity contribution in [3.8, 4) is 0 Å². The number of nitrogens with zero attached hydrogens (tertiary/aromatic N) is 1. The Morgan fingerprint density at radius 3 is 1.45 bits per heavy atom. The second-order valence-corrected chi connectivity index (χ2v) is 9.39. The zero-order chi connectivity index (χ0) is 14.9. The first-order valence-corrected chi connectivity index (χ1v) is 10.5. The molecule has 1 heterocycles. The maximum Gasteiger partial charge on any atom is 0.00956 e. The van der Waals surface area contributed by atoms with Gasteiger partial charge in [0.05, 0.1) is 0 Å². The van der Waals surface area contributed by atoms with E-state index in [0.29, 0.717) is 0 Å². The summed E-state index contributed by atoms with van der Waals surface area (Å²) < 4.78 is 0. The van der Waals surface area contributed by atoms with Crippen molar-refractivity contribution in [1.29, 1.82) is 0 Å². The van der Waals surface area contributed by atoms with Crippen LogP contribution in [-0.2, 0) is 0 Å². The predicted octanol–water partition coefficient (Wildman–Crippen LogP) is 5.93. The lowest BCUT2D eigenvalue weighted by Gasteiger charge is -2.50. The van der Waals surface area contributed by atoms with E-state index in [2.05, 4.69) is 4.90 Å². The summed E-state index contributed by atoms with van der Waals surface area (Å²) in [6.07, 6.45) is 24.5. The second-order valence-electron chi connectivity index (χ2n) is 9.39. The first-order valence-electron chi connectivity index (χ1n) is 10.5. The van der Waals surface area contributed by atoms with E-state index in [9.17, 15) is 0 Å². The van der Waals surface area contributed by atoms with Crippen molar-refractivity contribution < 1.29 is 0 Å². The largest absolute Gasteiger partial charge is 0.300 e. The molecule has 4 rings (SSSR count). The molecule has 0 unspecified atom stereocenters. The lowest BCUT2D eigenvalue weighted by atomic mass is 9.64. The summed E-state index contributed by atoms with van der Waals surface area (Å²) in [5.74, 6) is 0. The summed E-state index contributed by atoms with van der Waals surface area (Å²) in [7, 11) is 0. The maximum absolute atomic E-state index is 2.91. The zero-order valence-corrected chi connectivity index (χ0v) is 14.8. The molecular formula is C21H37N. The minimum Gasteiger partial charge on any atom is -0.300 e.